The van der Waals surface area contributed by atoms with E-state index in [9.17, 15) is 9.59 Å². The van der Waals surface area contributed by atoms with Gasteiger partial charge in [-0.3, -0.25) is 15.0 Å². The van der Waals surface area contributed by atoms with Crippen LogP contribution in [0.4, 0.5) is 0 Å². The highest BCUT2D eigenvalue weighted by molar-refractivity contribution is 6.42. The molecule has 8 heteroatoms. The summed E-state index contributed by atoms with van der Waals surface area (Å²) in [5.74, 6) is 5.28. The molecule has 0 aromatic heterocycles. The highest BCUT2D eigenvalue weighted by Gasteiger charge is 2.13. The van der Waals surface area contributed by atoms with E-state index in [1.807, 2.05) is 5.43 Å². The molecule has 2 amide bonds. The van der Waals surface area contributed by atoms with Gasteiger partial charge in [-0.2, -0.15) is 0 Å². The molecule has 4 N–H and O–H groups in total. The zero-order chi connectivity index (χ0) is 21.5. The highest BCUT2D eigenvalue weighted by atomic mass is 35.5. The molecule has 0 saturated heterocycles. The van der Waals surface area contributed by atoms with Gasteiger partial charge in [-0.15, -0.1) is 0 Å². The molecule has 0 fully saturated rings. The van der Waals surface area contributed by atoms with E-state index in [1.54, 1.807) is 72.8 Å². The Labute approximate surface area is 183 Å². The molecular weight excluding hydrogens is 425 g/mol. The van der Waals surface area contributed by atoms with Crippen LogP contribution < -0.4 is 21.3 Å². The normalized spacial score (nSPS) is 11.0. The highest BCUT2D eigenvalue weighted by Crippen LogP contribution is 2.29. The van der Waals surface area contributed by atoms with Crippen LogP contribution in [-0.2, 0) is 4.79 Å². The van der Waals surface area contributed by atoms with Crippen molar-refractivity contribution in [2.24, 2.45) is 5.84 Å². The van der Waals surface area contributed by atoms with Crippen LogP contribution in [0.1, 0.15) is 15.9 Å². The second kappa shape index (κ2) is 9.93. The molecule has 0 radical (unpaired) electrons. The van der Waals surface area contributed by atoms with Crippen molar-refractivity contribution in [2.75, 3.05) is 0 Å². The fourth-order valence-electron chi connectivity index (χ4n) is 2.50. The van der Waals surface area contributed by atoms with E-state index in [4.69, 9.17) is 33.8 Å². The van der Waals surface area contributed by atoms with E-state index in [1.165, 1.54) is 6.08 Å². The zero-order valence-corrected chi connectivity index (χ0v) is 17.1. The van der Waals surface area contributed by atoms with E-state index in [2.05, 4.69) is 5.32 Å². The van der Waals surface area contributed by atoms with Gasteiger partial charge in [-0.25, -0.2) is 5.84 Å². The maximum atomic E-state index is 12.4. The molecule has 0 atom stereocenters. The van der Waals surface area contributed by atoms with Crippen LogP contribution in [-0.4, -0.2) is 11.8 Å². The van der Waals surface area contributed by atoms with Gasteiger partial charge in [0, 0.05) is 11.6 Å². The molecule has 0 spiro atoms. The van der Waals surface area contributed by atoms with Gasteiger partial charge in [0.25, 0.3) is 11.8 Å². The SMILES string of the molecule is NNC(=O)/C(=C/c1ccc(Oc2ccc(Cl)c(Cl)c2)cc1)NC(=O)c1ccccc1. The second-order valence-electron chi connectivity index (χ2n) is 6.10. The van der Waals surface area contributed by atoms with Gasteiger partial charge in [0.05, 0.1) is 10.0 Å². The van der Waals surface area contributed by atoms with E-state index in [-0.39, 0.29) is 5.70 Å². The Morgan fingerprint density at radius 3 is 2.17 bits per heavy atom. The van der Waals surface area contributed by atoms with Crippen LogP contribution in [0, 0.1) is 0 Å². The van der Waals surface area contributed by atoms with Crippen LogP contribution in [0.5, 0.6) is 11.5 Å². The molecule has 0 aliphatic heterocycles. The first kappa shape index (κ1) is 21.4. The van der Waals surface area contributed by atoms with Crippen LogP contribution >= 0.6 is 23.2 Å². The minimum atomic E-state index is -0.629. The minimum absolute atomic E-state index is 0.00417. The minimum Gasteiger partial charge on any atom is -0.457 e. The van der Waals surface area contributed by atoms with E-state index in [0.717, 1.165) is 0 Å². The number of ether oxygens (including phenoxy) is 1. The number of rotatable bonds is 6. The molecule has 3 aromatic rings. The van der Waals surface area contributed by atoms with Gasteiger partial charge in [0.15, 0.2) is 0 Å². The molecule has 0 aliphatic rings. The first-order chi connectivity index (χ1) is 14.5. The molecule has 0 unspecified atom stereocenters. The maximum Gasteiger partial charge on any atom is 0.281 e. The lowest BCUT2D eigenvalue weighted by atomic mass is 10.1. The lowest BCUT2D eigenvalue weighted by Crippen LogP contribution is -2.38. The summed E-state index contributed by atoms with van der Waals surface area (Å²) in [5.41, 5.74) is 3.10. The van der Waals surface area contributed by atoms with Crippen molar-refractivity contribution in [3.05, 3.63) is 99.7 Å². The Morgan fingerprint density at radius 2 is 1.53 bits per heavy atom. The summed E-state index contributed by atoms with van der Waals surface area (Å²) in [6.45, 7) is 0. The van der Waals surface area contributed by atoms with Crippen molar-refractivity contribution >= 4 is 41.1 Å². The molecule has 3 aromatic carbocycles. The first-order valence-corrected chi connectivity index (χ1v) is 9.54. The number of carbonyl (C=O) groups is 2. The summed E-state index contributed by atoms with van der Waals surface area (Å²) in [5, 5.41) is 3.40. The molecule has 0 aliphatic carbocycles. The van der Waals surface area contributed by atoms with Crippen molar-refractivity contribution < 1.29 is 14.3 Å². The first-order valence-electron chi connectivity index (χ1n) is 8.78. The summed E-state index contributed by atoms with van der Waals surface area (Å²) in [6.07, 6.45) is 1.51. The van der Waals surface area contributed by atoms with Crippen molar-refractivity contribution in [3.63, 3.8) is 0 Å². The molecule has 3 rings (SSSR count). The number of hydrogen-bond acceptors (Lipinski definition) is 4. The standard InChI is InChI=1S/C22H17Cl2N3O3/c23-18-11-10-17(13-19(18)24)30-16-8-6-14(7-9-16)12-20(22(29)27-25)26-21(28)15-4-2-1-3-5-15/h1-13H,25H2,(H,26,28)(H,27,29)/b20-12-. The van der Waals surface area contributed by atoms with Gasteiger partial charge in [-0.1, -0.05) is 53.5 Å². The number of benzene rings is 3. The van der Waals surface area contributed by atoms with Gasteiger partial charge < -0.3 is 10.1 Å². The summed E-state index contributed by atoms with van der Waals surface area (Å²) >= 11 is 11.9. The molecule has 152 valence electrons. The van der Waals surface area contributed by atoms with E-state index >= 15 is 0 Å². The van der Waals surface area contributed by atoms with Crippen LogP contribution in [0.3, 0.4) is 0 Å². The average molecular weight is 442 g/mol. The number of halogens is 2. The topological polar surface area (TPSA) is 93.4 Å². The quantitative estimate of drug-likeness (QED) is 0.226. The second-order valence-corrected chi connectivity index (χ2v) is 6.91. The third-order valence-corrected chi connectivity index (χ3v) is 4.72. The van der Waals surface area contributed by atoms with Crippen LogP contribution in [0.2, 0.25) is 10.0 Å². The summed E-state index contributed by atoms with van der Waals surface area (Å²) in [4.78, 5) is 24.4. The average Bonchev–Trinajstić information content (AvgIpc) is 2.77. The number of carbonyl (C=O) groups excluding carboxylic acids is 2. The van der Waals surface area contributed by atoms with Gasteiger partial charge in [0.2, 0.25) is 0 Å². The lowest BCUT2D eigenvalue weighted by Gasteiger charge is -2.10. The summed E-state index contributed by atoms with van der Waals surface area (Å²) in [7, 11) is 0. The zero-order valence-electron chi connectivity index (χ0n) is 15.6. The Hall–Kier alpha value is -3.32. The molecule has 0 bridgehead atoms. The predicted octanol–water partition coefficient (Wildman–Crippen LogP) is 4.55. The van der Waals surface area contributed by atoms with Crippen molar-refractivity contribution in [1.29, 1.82) is 0 Å². The predicted molar refractivity (Wildman–Crippen MR) is 117 cm³/mol. The van der Waals surface area contributed by atoms with Gasteiger partial charge in [0.1, 0.15) is 17.2 Å². The van der Waals surface area contributed by atoms with Crippen molar-refractivity contribution in [2.45, 2.75) is 0 Å². The van der Waals surface area contributed by atoms with Crippen molar-refractivity contribution in [1.82, 2.24) is 10.7 Å². The van der Waals surface area contributed by atoms with Crippen molar-refractivity contribution in [3.8, 4) is 11.5 Å². The third kappa shape index (κ3) is 5.61. The molecule has 30 heavy (non-hydrogen) atoms. The largest absolute Gasteiger partial charge is 0.457 e. The number of hydrogen-bond donors (Lipinski definition) is 3. The molecule has 0 saturated carbocycles. The number of nitrogens with two attached hydrogens (primary N) is 1. The number of amides is 2. The monoisotopic (exact) mass is 441 g/mol. The Bertz CT molecular complexity index is 1080. The smallest absolute Gasteiger partial charge is 0.281 e. The lowest BCUT2D eigenvalue weighted by molar-refractivity contribution is -0.117. The Kier molecular flexibility index (Phi) is 7.08. The number of hydrazine groups is 1. The molecule has 6 nitrogen and oxygen atoms in total. The Morgan fingerprint density at radius 1 is 0.867 bits per heavy atom. The Balaban J connectivity index is 1.76. The van der Waals surface area contributed by atoms with Crippen LogP contribution in [0.25, 0.3) is 6.08 Å². The fourth-order valence-corrected chi connectivity index (χ4v) is 2.78. The molecule has 0 heterocycles. The van der Waals surface area contributed by atoms with Gasteiger partial charge >= 0.3 is 0 Å². The van der Waals surface area contributed by atoms with Crippen LogP contribution in [0.15, 0.2) is 78.5 Å². The number of nitrogens with one attached hydrogen (secondary N) is 2. The molecular formula is C22H17Cl2N3O3. The van der Waals surface area contributed by atoms with Gasteiger partial charge in [-0.05, 0) is 48.0 Å². The summed E-state index contributed by atoms with van der Waals surface area (Å²) in [6, 6.07) is 20.4. The van der Waals surface area contributed by atoms with E-state index in [0.29, 0.717) is 32.7 Å². The van der Waals surface area contributed by atoms with E-state index < -0.39 is 11.8 Å². The summed E-state index contributed by atoms with van der Waals surface area (Å²) < 4.78 is 5.73. The fraction of sp³-hybridized carbons (Fsp3) is 0. The third-order valence-electron chi connectivity index (χ3n) is 3.98. The maximum absolute atomic E-state index is 12.4.